The molecule has 0 aliphatic carbocycles. The summed E-state index contributed by atoms with van der Waals surface area (Å²) in [5, 5.41) is 0. The van der Waals surface area contributed by atoms with Crippen LogP contribution in [0.1, 0.15) is 0 Å². The van der Waals surface area contributed by atoms with E-state index in [0.717, 1.165) is 8.95 Å². The maximum Gasteiger partial charge on any atom is 0.105 e. The van der Waals surface area contributed by atoms with E-state index in [4.69, 9.17) is 0 Å². The molecule has 1 rings (SSSR count). The normalized spacial score (nSPS) is 9.25. The zero-order chi connectivity index (χ0) is 5.98. The third-order valence-corrected chi connectivity index (χ3v) is 2.47. The van der Waals surface area contributed by atoms with Gasteiger partial charge in [0.25, 0.3) is 0 Å². The van der Waals surface area contributed by atoms with Crippen LogP contribution in [0, 0.1) is 6.20 Å². The predicted molar refractivity (Wildman–Crippen MR) is 38.5 cm³/mol. The molecule has 0 N–H and O–H groups in total. The Hall–Kier alpha value is 0.110. The summed E-state index contributed by atoms with van der Waals surface area (Å²) in [6, 6.07) is 1.85. The van der Waals surface area contributed by atoms with Crippen molar-refractivity contribution < 1.29 is 0 Å². The van der Waals surface area contributed by atoms with Crippen LogP contribution in [0.15, 0.2) is 21.2 Å². The van der Waals surface area contributed by atoms with E-state index in [1.54, 1.807) is 6.20 Å². The fourth-order valence-electron chi connectivity index (χ4n) is 0.323. The largest absolute Gasteiger partial charge is 0.253 e. The highest BCUT2D eigenvalue weighted by atomic mass is 79.9. The lowest BCUT2D eigenvalue weighted by atomic mass is 10.5. The third kappa shape index (κ3) is 1.29. The molecule has 0 aliphatic heterocycles. The molecule has 0 fully saturated rings. The Labute approximate surface area is 64.4 Å². The minimum absolute atomic E-state index is 0.861. The van der Waals surface area contributed by atoms with E-state index in [0.29, 0.717) is 0 Å². The standard InChI is InChI=1S/C5H2Br2N/c6-4-1-2-8-3-5(4)7/h1-2H. The minimum Gasteiger partial charge on any atom is -0.253 e. The van der Waals surface area contributed by atoms with Crippen LogP contribution < -0.4 is 0 Å². The number of halogens is 2. The van der Waals surface area contributed by atoms with E-state index in [1.807, 2.05) is 6.07 Å². The van der Waals surface area contributed by atoms with Crippen molar-refractivity contribution >= 4 is 31.9 Å². The van der Waals surface area contributed by atoms with Crippen molar-refractivity contribution in [3.8, 4) is 0 Å². The molecule has 1 aromatic rings. The molecule has 1 heterocycles. The van der Waals surface area contributed by atoms with Gasteiger partial charge in [-0.1, -0.05) is 0 Å². The average molecular weight is 236 g/mol. The maximum absolute atomic E-state index is 3.74. The van der Waals surface area contributed by atoms with Crippen LogP contribution in [0.5, 0.6) is 0 Å². The number of hydrogen-bond acceptors (Lipinski definition) is 1. The molecule has 0 aliphatic rings. The summed E-state index contributed by atoms with van der Waals surface area (Å²) in [6.45, 7) is 0. The van der Waals surface area contributed by atoms with Gasteiger partial charge in [-0.05, 0) is 37.9 Å². The van der Waals surface area contributed by atoms with Gasteiger partial charge in [0, 0.05) is 10.7 Å². The van der Waals surface area contributed by atoms with E-state index in [-0.39, 0.29) is 0 Å². The van der Waals surface area contributed by atoms with Crippen molar-refractivity contribution in [3.63, 3.8) is 0 Å². The predicted octanol–water partition coefficient (Wildman–Crippen LogP) is 2.41. The SMILES string of the molecule is Brc1[c]nccc1Br. The van der Waals surface area contributed by atoms with Crippen LogP contribution in [-0.4, -0.2) is 4.98 Å². The Bertz CT molecular complexity index is 167. The molecular formula is C5H2Br2N. The van der Waals surface area contributed by atoms with Gasteiger partial charge in [-0.25, -0.2) is 0 Å². The summed E-state index contributed by atoms with van der Waals surface area (Å²) >= 11 is 6.51. The van der Waals surface area contributed by atoms with Crippen LogP contribution in [0.25, 0.3) is 0 Å². The Morgan fingerprint density at radius 2 is 2.25 bits per heavy atom. The van der Waals surface area contributed by atoms with E-state index in [1.165, 1.54) is 0 Å². The number of hydrogen-bond donors (Lipinski definition) is 0. The molecule has 3 heteroatoms. The second-order valence-corrected chi connectivity index (χ2v) is 2.87. The smallest absolute Gasteiger partial charge is 0.105 e. The van der Waals surface area contributed by atoms with Crippen LogP contribution in [-0.2, 0) is 0 Å². The maximum atomic E-state index is 3.74. The van der Waals surface area contributed by atoms with Crippen molar-refractivity contribution in [1.29, 1.82) is 0 Å². The molecule has 0 bridgehead atoms. The van der Waals surface area contributed by atoms with Gasteiger partial charge in [0.15, 0.2) is 0 Å². The first-order valence-electron chi connectivity index (χ1n) is 1.98. The molecule has 0 spiro atoms. The van der Waals surface area contributed by atoms with Gasteiger partial charge < -0.3 is 0 Å². The van der Waals surface area contributed by atoms with Crippen molar-refractivity contribution in [2.75, 3.05) is 0 Å². The lowest BCUT2D eigenvalue weighted by Crippen LogP contribution is -1.70. The molecular weight excluding hydrogens is 234 g/mol. The molecule has 1 aromatic heterocycles. The zero-order valence-electron chi connectivity index (χ0n) is 3.86. The highest BCUT2D eigenvalue weighted by molar-refractivity contribution is 9.13. The van der Waals surface area contributed by atoms with Gasteiger partial charge in [-0.3, -0.25) is 4.98 Å². The first-order valence-corrected chi connectivity index (χ1v) is 3.57. The fourth-order valence-corrected chi connectivity index (χ4v) is 0.765. The molecule has 0 saturated carbocycles. The van der Waals surface area contributed by atoms with Gasteiger partial charge in [0.05, 0.1) is 4.47 Å². The van der Waals surface area contributed by atoms with Crippen LogP contribution >= 0.6 is 31.9 Å². The van der Waals surface area contributed by atoms with Crippen LogP contribution in [0.3, 0.4) is 0 Å². The van der Waals surface area contributed by atoms with Crippen molar-refractivity contribution in [2.24, 2.45) is 0 Å². The molecule has 0 amide bonds. The van der Waals surface area contributed by atoms with Crippen molar-refractivity contribution in [1.82, 2.24) is 4.98 Å². The van der Waals surface area contributed by atoms with Gasteiger partial charge >= 0.3 is 0 Å². The molecule has 0 aromatic carbocycles. The van der Waals surface area contributed by atoms with Gasteiger partial charge in [-0.15, -0.1) is 0 Å². The fraction of sp³-hybridized carbons (Fsp3) is 0. The van der Waals surface area contributed by atoms with E-state index >= 15 is 0 Å². The first kappa shape index (κ1) is 6.23. The second kappa shape index (κ2) is 2.60. The molecule has 41 valence electrons. The number of pyridine rings is 1. The van der Waals surface area contributed by atoms with E-state index in [9.17, 15) is 0 Å². The van der Waals surface area contributed by atoms with Gasteiger partial charge in [0.1, 0.15) is 6.20 Å². The topological polar surface area (TPSA) is 12.9 Å². The molecule has 1 radical (unpaired) electrons. The number of nitrogens with zero attached hydrogens (tertiary/aromatic N) is 1. The molecule has 8 heavy (non-hydrogen) atoms. The summed E-state index contributed by atoms with van der Waals surface area (Å²) in [4.78, 5) is 3.74. The van der Waals surface area contributed by atoms with Crippen LogP contribution in [0.4, 0.5) is 0 Å². The first-order chi connectivity index (χ1) is 3.80. The summed E-state index contributed by atoms with van der Waals surface area (Å²) in [7, 11) is 0. The van der Waals surface area contributed by atoms with Gasteiger partial charge in [-0.2, -0.15) is 0 Å². The highest BCUT2D eigenvalue weighted by Gasteiger charge is 1.90. The third-order valence-electron chi connectivity index (χ3n) is 0.668. The molecule has 0 atom stereocenters. The van der Waals surface area contributed by atoms with E-state index in [2.05, 4.69) is 43.0 Å². The summed E-state index contributed by atoms with van der Waals surface area (Å²) < 4.78 is 1.84. The zero-order valence-corrected chi connectivity index (χ0v) is 7.03. The summed E-state index contributed by atoms with van der Waals surface area (Å²) in [6.07, 6.45) is 4.39. The van der Waals surface area contributed by atoms with Crippen molar-refractivity contribution in [3.05, 3.63) is 27.4 Å². The molecule has 0 unspecified atom stereocenters. The monoisotopic (exact) mass is 234 g/mol. The van der Waals surface area contributed by atoms with Gasteiger partial charge in [0.2, 0.25) is 0 Å². The molecule has 1 nitrogen and oxygen atoms in total. The molecule has 0 saturated heterocycles. The Balaban J connectivity index is 3.13. The summed E-state index contributed by atoms with van der Waals surface area (Å²) in [5.41, 5.74) is 0. The summed E-state index contributed by atoms with van der Waals surface area (Å²) in [5.74, 6) is 0. The Kier molecular flexibility index (Phi) is 2.02. The van der Waals surface area contributed by atoms with Crippen LogP contribution in [0.2, 0.25) is 0 Å². The van der Waals surface area contributed by atoms with E-state index < -0.39 is 0 Å². The Morgan fingerprint density at radius 3 is 2.62 bits per heavy atom. The highest BCUT2D eigenvalue weighted by Crippen LogP contribution is 2.19. The van der Waals surface area contributed by atoms with Crippen molar-refractivity contribution in [2.45, 2.75) is 0 Å². The minimum atomic E-state index is 0.861. The lowest BCUT2D eigenvalue weighted by molar-refractivity contribution is 1.28. The Morgan fingerprint density at radius 1 is 1.50 bits per heavy atom. The number of aromatic nitrogens is 1. The second-order valence-electron chi connectivity index (χ2n) is 1.22. The lowest BCUT2D eigenvalue weighted by Gasteiger charge is -1.87. The number of rotatable bonds is 0. The quantitative estimate of drug-likeness (QED) is 0.673. The average Bonchev–Trinajstić information content (AvgIpc) is 1.77.